The molecular formula is C9H7ClN2O2. The van der Waals surface area contributed by atoms with Crippen LogP contribution in [0.3, 0.4) is 0 Å². The standard InChI is InChI=1S/C9H7ClN2O2/c1-14-9(13)7-4-12-8-6(7)2-5(10)3-11-8/h2-4H,1H3,(H,11,12). The quantitative estimate of drug-likeness (QED) is 0.733. The number of hydrogen-bond acceptors (Lipinski definition) is 3. The molecule has 0 saturated heterocycles. The molecule has 2 rings (SSSR count). The summed E-state index contributed by atoms with van der Waals surface area (Å²) in [5.74, 6) is -0.402. The predicted molar refractivity (Wildman–Crippen MR) is 52.4 cm³/mol. The molecule has 0 unspecified atom stereocenters. The Bertz CT molecular complexity index is 493. The molecule has 0 aliphatic rings. The Morgan fingerprint density at radius 1 is 1.64 bits per heavy atom. The van der Waals surface area contributed by atoms with Crippen LogP contribution < -0.4 is 0 Å². The van der Waals surface area contributed by atoms with Gasteiger partial charge in [0.05, 0.1) is 17.7 Å². The van der Waals surface area contributed by atoms with Gasteiger partial charge in [0.1, 0.15) is 5.65 Å². The van der Waals surface area contributed by atoms with Gasteiger partial charge in [-0.3, -0.25) is 0 Å². The maximum atomic E-state index is 11.3. The van der Waals surface area contributed by atoms with Gasteiger partial charge >= 0.3 is 5.97 Å². The Hall–Kier alpha value is -1.55. The molecule has 0 bridgehead atoms. The number of nitrogens with zero attached hydrogens (tertiary/aromatic N) is 1. The Morgan fingerprint density at radius 2 is 2.43 bits per heavy atom. The lowest BCUT2D eigenvalue weighted by Crippen LogP contribution is -1.99. The molecule has 1 N–H and O–H groups in total. The molecule has 0 saturated carbocycles. The second kappa shape index (κ2) is 3.31. The summed E-state index contributed by atoms with van der Waals surface area (Å²) in [7, 11) is 1.33. The molecule has 72 valence electrons. The van der Waals surface area contributed by atoms with E-state index in [9.17, 15) is 4.79 Å². The number of esters is 1. The van der Waals surface area contributed by atoms with Gasteiger partial charge in [-0.15, -0.1) is 0 Å². The molecule has 2 aromatic rings. The van der Waals surface area contributed by atoms with Crippen LogP contribution in [0.15, 0.2) is 18.5 Å². The molecule has 0 fully saturated rings. The van der Waals surface area contributed by atoms with E-state index in [4.69, 9.17) is 11.6 Å². The molecule has 0 aliphatic carbocycles. The van der Waals surface area contributed by atoms with E-state index in [1.807, 2.05) is 0 Å². The first kappa shape index (κ1) is 9.02. The molecule has 0 spiro atoms. The van der Waals surface area contributed by atoms with Crippen molar-refractivity contribution < 1.29 is 9.53 Å². The van der Waals surface area contributed by atoms with Crippen LogP contribution in [-0.2, 0) is 4.74 Å². The normalized spacial score (nSPS) is 10.4. The first-order valence-electron chi connectivity index (χ1n) is 3.93. The van der Waals surface area contributed by atoms with Gasteiger partial charge in [-0.1, -0.05) is 11.6 Å². The molecule has 2 aromatic heterocycles. The summed E-state index contributed by atoms with van der Waals surface area (Å²) in [6.45, 7) is 0. The Kier molecular flexibility index (Phi) is 2.13. The summed E-state index contributed by atoms with van der Waals surface area (Å²) < 4.78 is 4.61. The van der Waals surface area contributed by atoms with Gasteiger partial charge in [0.2, 0.25) is 0 Å². The van der Waals surface area contributed by atoms with Crippen molar-refractivity contribution in [3.8, 4) is 0 Å². The highest BCUT2D eigenvalue weighted by atomic mass is 35.5. The number of carbonyl (C=O) groups excluding carboxylic acids is 1. The smallest absolute Gasteiger partial charge is 0.340 e. The number of hydrogen-bond donors (Lipinski definition) is 1. The summed E-state index contributed by atoms with van der Waals surface area (Å²) >= 11 is 5.77. The van der Waals surface area contributed by atoms with E-state index in [0.29, 0.717) is 21.6 Å². The average molecular weight is 211 g/mol. The summed E-state index contributed by atoms with van der Waals surface area (Å²) in [6, 6.07) is 1.67. The van der Waals surface area contributed by atoms with E-state index in [2.05, 4.69) is 14.7 Å². The van der Waals surface area contributed by atoms with Crippen molar-refractivity contribution in [3.63, 3.8) is 0 Å². The number of aromatic nitrogens is 2. The molecule has 0 radical (unpaired) electrons. The summed E-state index contributed by atoms with van der Waals surface area (Å²) in [6.07, 6.45) is 3.07. The number of H-pyrrole nitrogens is 1. The molecule has 5 heteroatoms. The minimum absolute atomic E-state index is 0.402. The van der Waals surface area contributed by atoms with Gasteiger partial charge in [-0.05, 0) is 6.07 Å². The van der Waals surface area contributed by atoms with Crippen LogP contribution in [0.4, 0.5) is 0 Å². The van der Waals surface area contributed by atoms with Crippen LogP contribution in [0.2, 0.25) is 5.02 Å². The number of rotatable bonds is 1. The van der Waals surface area contributed by atoms with Crippen molar-refractivity contribution in [3.05, 3.63) is 29.0 Å². The highest BCUT2D eigenvalue weighted by molar-refractivity contribution is 6.31. The van der Waals surface area contributed by atoms with Gasteiger partial charge in [-0.2, -0.15) is 0 Å². The fourth-order valence-electron chi connectivity index (χ4n) is 1.26. The van der Waals surface area contributed by atoms with E-state index < -0.39 is 5.97 Å². The number of methoxy groups -OCH3 is 1. The molecule has 0 aromatic carbocycles. The number of aromatic amines is 1. The van der Waals surface area contributed by atoms with Crippen LogP contribution in [0, 0.1) is 0 Å². The monoisotopic (exact) mass is 210 g/mol. The second-order valence-electron chi connectivity index (χ2n) is 2.74. The third-order valence-corrected chi connectivity index (χ3v) is 2.11. The van der Waals surface area contributed by atoms with Crippen LogP contribution in [0.25, 0.3) is 11.0 Å². The third kappa shape index (κ3) is 1.33. The highest BCUT2D eigenvalue weighted by Gasteiger charge is 2.12. The zero-order chi connectivity index (χ0) is 10.1. The average Bonchev–Trinajstić information content (AvgIpc) is 2.59. The lowest BCUT2D eigenvalue weighted by molar-refractivity contribution is 0.0603. The minimum Gasteiger partial charge on any atom is -0.465 e. The SMILES string of the molecule is COC(=O)c1c[nH]c2ncc(Cl)cc12. The fourth-order valence-corrected chi connectivity index (χ4v) is 1.41. The van der Waals surface area contributed by atoms with Crippen LogP contribution in [0.5, 0.6) is 0 Å². The van der Waals surface area contributed by atoms with E-state index in [-0.39, 0.29) is 0 Å². The number of nitrogens with one attached hydrogen (secondary N) is 1. The first-order chi connectivity index (χ1) is 6.72. The number of fused-ring (bicyclic) bond motifs is 1. The maximum Gasteiger partial charge on any atom is 0.340 e. The predicted octanol–water partition coefficient (Wildman–Crippen LogP) is 2.00. The van der Waals surface area contributed by atoms with Crippen LogP contribution >= 0.6 is 11.6 Å². The van der Waals surface area contributed by atoms with Gasteiger partial charge in [0, 0.05) is 17.8 Å². The summed E-state index contributed by atoms with van der Waals surface area (Å²) in [4.78, 5) is 18.2. The molecule has 0 aliphatic heterocycles. The van der Waals surface area contributed by atoms with Crippen LogP contribution in [-0.4, -0.2) is 23.0 Å². The molecular weight excluding hydrogens is 204 g/mol. The lowest BCUT2D eigenvalue weighted by Gasteiger charge is -1.96. The number of pyridine rings is 1. The molecule has 2 heterocycles. The Labute approximate surface area is 84.9 Å². The number of halogens is 1. The van der Waals surface area contributed by atoms with Gasteiger partial charge in [-0.25, -0.2) is 9.78 Å². The summed E-state index contributed by atoms with van der Waals surface area (Å²) in [5, 5.41) is 1.16. The van der Waals surface area contributed by atoms with Crippen LogP contribution in [0.1, 0.15) is 10.4 Å². The van der Waals surface area contributed by atoms with E-state index in [1.54, 1.807) is 12.3 Å². The molecule has 0 amide bonds. The highest BCUT2D eigenvalue weighted by Crippen LogP contribution is 2.20. The van der Waals surface area contributed by atoms with Crippen molar-refractivity contribution >= 4 is 28.6 Å². The third-order valence-electron chi connectivity index (χ3n) is 1.90. The van der Waals surface area contributed by atoms with Gasteiger partial charge in [0.15, 0.2) is 0 Å². The maximum absolute atomic E-state index is 11.3. The molecule has 4 nitrogen and oxygen atoms in total. The van der Waals surface area contributed by atoms with Crippen molar-refractivity contribution in [2.24, 2.45) is 0 Å². The first-order valence-corrected chi connectivity index (χ1v) is 4.31. The van der Waals surface area contributed by atoms with Gasteiger partial charge in [0.25, 0.3) is 0 Å². The Balaban J connectivity index is 2.67. The number of ether oxygens (including phenoxy) is 1. The second-order valence-corrected chi connectivity index (χ2v) is 3.18. The van der Waals surface area contributed by atoms with E-state index in [0.717, 1.165) is 0 Å². The van der Waals surface area contributed by atoms with Crippen molar-refractivity contribution in [1.82, 2.24) is 9.97 Å². The topological polar surface area (TPSA) is 55.0 Å². The zero-order valence-corrected chi connectivity index (χ0v) is 8.13. The molecule has 14 heavy (non-hydrogen) atoms. The largest absolute Gasteiger partial charge is 0.465 e. The van der Waals surface area contributed by atoms with Crippen molar-refractivity contribution in [2.75, 3.05) is 7.11 Å². The number of carbonyl (C=O) groups is 1. The van der Waals surface area contributed by atoms with Gasteiger partial charge < -0.3 is 9.72 Å². The van der Waals surface area contributed by atoms with E-state index in [1.165, 1.54) is 13.3 Å². The lowest BCUT2D eigenvalue weighted by atomic mass is 10.2. The van der Waals surface area contributed by atoms with E-state index >= 15 is 0 Å². The zero-order valence-electron chi connectivity index (χ0n) is 7.37. The molecule has 0 atom stereocenters. The van der Waals surface area contributed by atoms with Crippen molar-refractivity contribution in [2.45, 2.75) is 0 Å². The Morgan fingerprint density at radius 3 is 3.14 bits per heavy atom. The van der Waals surface area contributed by atoms with Crippen molar-refractivity contribution in [1.29, 1.82) is 0 Å². The summed E-state index contributed by atoms with van der Waals surface area (Å²) in [5.41, 5.74) is 1.06. The minimum atomic E-state index is -0.402. The fraction of sp³-hybridized carbons (Fsp3) is 0.111.